The van der Waals surface area contributed by atoms with Gasteiger partial charge in [0.25, 0.3) is 0 Å². The molecule has 0 bridgehead atoms. The van der Waals surface area contributed by atoms with Crippen LogP contribution < -0.4 is 5.73 Å². The zero-order valence-electron chi connectivity index (χ0n) is 11.2. The van der Waals surface area contributed by atoms with Gasteiger partial charge in [-0.25, -0.2) is 9.64 Å². The highest BCUT2D eigenvalue weighted by molar-refractivity contribution is 5.92. The molecule has 2 N–H and O–H groups in total. The second-order valence-electron chi connectivity index (χ2n) is 4.10. The molecule has 0 radical (unpaired) electrons. The first-order valence-corrected chi connectivity index (χ1v) is 6.06. The summed E-state index contributed by atoms with van der Waals surface area (Å²) in [6.45, 7) is 10.8. The molecule has 0 aliphatic carbocycles. The zero-order chi connectivity index (χ0) is 14.7. The Kier molecular flexibility index (Phi) is 3.80. The van der Waals surface area contributed by atoms with Gasteiger partial charge in [0.15, 0.2) is 5.88 Å². The molecule has 1 aromatic heterocycles. The van der Waals surface area contributed by atoms with Gasteiger partial charge < -0.3 is 19.6 Å². The first-order valence-electron chi connectivity index (χ1n) is 6.06. The Morgan fingerprint density at radius 1 is 1.60 bits per heavy atom. The number of carbonyl (C=O) groups excluding carboxylic acids is 1. The van der Waals surface area contributed by atoms with Crippen LogP contribution in [0, 0.1) is 6.57 Å². The van der Waals surface area contributed by atoms with E-state index in [9.17, 15) is 4.79 Å². The van der Waals surface area contributed by atoms with Crippen molar-refractivity contribution < 1.29 is 18.7 Å². The maximum Gasteiger partial charge on any atom is 0.337 e. The summed E-state index contributed by atoms with van der Waals surface area (Å²) in [4.78, 5) is 15.5. The zero-order valence-corrected chi connectivity index (χ0v) is 11.2. The molecule has 2 rings (SSSR count). The van der Waals surface area contributed by atoms with E-state index in [2.05, 4.69) is 4.85 Å². The first-order chi connectivity index (χ1) is 9.60. The molecular formula is C14H14N2O4. The molecule has 1 aromatic rings. The quantitative estimate of drug-likeness (QED) is 0.675. The van der Waals surface area contributed by atoms with E-state index in [1.807, 2.05) is 0 Å². The van der Waals surface area contributed by atoms with Crippen molar-refractivity contribution in [2.75, 3.05) is 6.61 Å². The van der Waals surface area contributed by atoms with E-state index < -0.39 is 11.9 Å². The monoisotopic (exact) mass is 274 g/mol. The minimum Gasteiger partial charge on any atom is -0.470 e. The third-order valence-corrected chi connectivity index (χ3v) is 2.90. The lowest BCUT2D eigenvalue weighted by molar-refractivity contribution is -0.139. The number of nitrogens with zero attached hydrogens (tertiary/aromatic N) is 1. The number of carbonyl (C=O) groups is 1. The molecule has 0 fully saturated rings. The van der Waals surface area contributed by atoms with Crippen molar-refractivity contribution in [2.45, 2.75) is 19.8 Å². The largest absolute Gasteiger partial charge is 0.470 e. The molecule has 1 aliphatic rings. The average Bonchev–Trinajstić information content (AvgIpc) is 2.91. The minimum absolute atomic E-state index is 0.0213. The molecule has 1 aliphatic heterocycles. The highest BCUT2D eigenvalue weighted by Crippen LogP contribution is 2.40. The second-order valence-corrected chi connectivity index (χ2v) is 4.10. The average molecular weight is 274 g/mol. The molecule has 6 nitrogen and oxygen atoms in total. The minimum atomic E-state index is -0.699. The first kappa shape index (κ1) is 13.7. The van der Waals surface area contributed by atoms with E-state index in [4.69, 9.17) is 26.2 Å². The lowest BCUT2D eigenvalue weighted by Crippen LogP contribution is -2.24. The molecule has 0 saturated carbocycles. The van der Waals surface area contributed by atoms with Crippen LogP contribution in [-0.4, -0.2) is 12.6 Å². The van der Waals surface area contributed by atoms with Gasteiger partial charge in [-0.1, -0.05) is 0 Å². The molecule has 20 heavy (non-hydrogen) atoms. The predicted octanol–water partition coefficient (Wildman–Crippen LogP) is 2.28. The maximum absolute atomic E-state index is 12.1. The molecule has 0 spiro atoms. The fourth-order valence-corrected chi connectivity index (χ4v) is 2.08. The molecule has 0 aromatic carbocycles. The van der Waals surface area contributed by atoms with Crippen LogP contribution in [0.25, 0.3) is 4.85 Å². The summed E-state index contributed by atoms with van der Waals surface area (Å²) >= 11 is 0. The van der Waals surface area contributed by atoms with Crippen molar-refractivity contribution in [3.8, 4) is 0 Å². The van der Waals surface area contributed by atoms with E-state index in [-0.39, 0.29) is 23.8 Å². The number of allylic oxidation sites excluding steroid dienone is 2. The van der Waals surface area contributed by atoms with E-state index in [0.717, 1.165) is 0 Å². The Hall–Kier alpha value is -2.68. The van der Waals surface area contributed by atoms with Gasteiger partial charge in [0.05, 0.1) is 30.9 Å². The fraction of sp³-hybridized carbons (Fsp3) is 0.286. The lowest BCUT2D eigenvalue weighted by atomic mass is 9.90. The number of hydrogen-bond donors (Lipinski definition) is 1. The lowest BCUT2D eigenvalue weighted by Gasteiger charge is -2.25. The Balaban J connectivity index is 2.55. The summed E-state index contributed by atoms with van der Waals surface area (Å²) in [6.07, 6.45) is 1.47. The highest BCUT2D eigenvalue weighted by Gasteiger charge is 2.38. The smallest absolute Gasteiger partial charge is 0.337 e. The van der Waals surface area contributed by atoms with Gasteiger partial charge in [-0.3, -0.25) is 0 Å². The number of nitrogens with two attached hydrogens (primary N) is 1. The van der Waals surface area contributed by atoms with Crippen LogP contribution >= 0.6 is 0 Å². The Bertz CT molecular complexity index is 620. The molecule has 0 saturated heterocycles. The van der Waals surface area contributed by atoms with Crippen molar-refractivity contribution in [2.24, 2.45) is 5.73 Å². The molecule has 2 heterocycles. The fourth-order valence-electron chi connectivity index (χ4n) is 2.08. The van der Waals surface area contributed by atoms with Gasteiger partial charge in [0.1, 0.15) is 11.5 Å². The normalized spacial score (nSPS) is 18.6. The summed E-state index contributed by atoms with van der Waals surface area (Å²) < 4.78 is 15.6. The van der Waals surface area contributed by atoms with Crippen LogP contribution in [-0.2, 0) is 14.3 Å². The Morgan fingerprint density at radius 2 is 2.35 bits per heavy atom. The Labute approximate surface area is 116 Å². The van der Waals surface area contributed by atoms with Crippen LogP contribution in [0.4, 0.5) is 0 Å². The topological polar surface area (TPSA) is 79.0 Å². The van der Waals surface area contributed by atoms with Gasteiger partial charge in [0, 0.05) is 0 Å². The molecule has 1 unspecified atom stereocenters. The van der Waals surface area contributed by atoms with E-state index in [1.165, 1.54) is 6.26 Å². The maximum atomic E-state index is 12.1. The van der Waals surface area contributed by atoms with Crippen LogP contribution in [0.2, 0.25) is 0 Å². The van der Waals surface area contributed by atoms with Gasteiger partial charge >= 0.3 is 5.97 Å². The van der Waals surface area contributed by atoms with Crippen molar-refractivity contribution in [3.05, 3.63) is 58.5 Å². The highest BCUT2D eigenvalue weighted by atomic mass is 16.5. The molecule has 0 amide bonds. The molecule has 1 atom stereocenters. The third-order valence-electron chi connectivity index (χ3n) is 2.90. The summed E-state index contributed by atoms with van der Waals surface area (Å²) in [5.41, 5.74) is 6.09. The molecule has 104 valence electrons. The van der Waals surface area contributed by atoms with Gasteiger partial charge in [0.2, 0.25) is 5.70 Å². The SMILES string of the molecule is [C-]#[N+]C1=C(N)OC(C)=C(C(=O)OCC)C1c1ccco1. The van der Waals surface area contributed by atoms with E-state index in [0.29, 0.717) is 11.5 Å². The summed E-state index contributed by atoms with van der Waals surface area (Å²) in [5, 5.41) is 0. The van der Waals surface area contributed by atoms with Gasteiger partial charge in [-0.15, -0.1) is 0 Å². The van der Waals surface area contributed by atoms with Crippen LogP contribution in [0.15, 0.2) is 45.7 Å². The van der Waals surface area contributed by atoms with Gasteiger partial charge in [-0.05, 0) is 26.0 Å². The number of esters is 1. The van der Waals surface area contributed by atoms with Crippen LogP contribution in [0.3, 0.4) is 0 Å². The van der Waals surface area contributed by atoms with E-state index >= 15 is 0 Å². The summed E-state index contributed by atoms with van der Waals surface area (Å²) in [5.74, 6) is -0.498. The Morgan fingerprint density at radius 3 is 2.90 bits per heavy atom. The van der Waals surface area contributed by atoms with Crippen LogP contribution in [0.1, 0.15) is 25.5 Å². The van der Waals surface area contributed by atoms with E-state index in [1.54, 1.807) is 26.0 Å². The number of rotatable bonds is 3. The third kappa shape index (κ3) is 2.26. The van der Waals surface area contributed by atoms with Crippen LogP contribution in [0.5, 0.6) is 0 Å². The van der Waals surface area contributed by atoms with Crippen molar-refractivity contribution >= 4 is 5.97 Å². The summed E-state index contributed by atoms with van der Waals surface area (Å²) in [7, 11) is 0. The number of furan rings is 1. The predicted molar refractivity (Wildman–Crippen MR) is 69.7 cm³/mol. The van der Waals surface area contributed by atoms with Crippen molar-refractivity contribution in [3.63, 3.8) is 0 Å². The van der Waals surface area contributed by atoms with Crippen molar-refractivity contribution in [1.82, 2.24) is 0 Å². The standard InChI is InChI=1S/C14H14N2O4/c1-4-18-14(17)10-8(2)20-13(15)12(16-3)11(10)9-6-5-7-19-9/h5-7,11H,4,15H2,1-2H3. The van der Waals surface area contributed by atoms with Crippen molar-refractivity contribution in [1.29, 1.82) is 0 Å². The molecular weight excluding hydrogens is 260 g/mol. The number of hydrogen-bond acceptors (Lipinski definition) is 5. The number of ether oxygens (including phenoxy) is 2. The summed E-state index contributed by atoms with van der Waals surface area (Å²) in [6, 6.07) is 3.36. The molecule has 6 heteroatoms. The second kappa shape index (κ2) is 5.53. The van der Waals surface area contributed by atoms with Gasteiger partial charge in [-0.2, -0.15) is 0 Å².